The fraction of sp³-hybridized carbons (Fsp3) is 0. The first-order valence-corrected chi connectivity index (χ1v) is 28.1. The number of nitrogens with zero attached hydrogens (tertiary/aromatic N) is 2. The number of para-hydroxylation sites is 2. The highest BCUT2D eigenvalue weighted by molar-refractivity contribution is 7.19. The van der Waals surface area contributed by atoms with Gasteiger partial charge in [-0.3, -0.25) is 0 Å². The van der Waals surface area contributed by atoms with Crippen LogP contribution >= 0.6 is 0 Å². The maximum absolute atomic E-state index is 2.67. The van der Waals surface area contributed by atoms with Crippen LogP contribution in [-0.2, 0) is 0 Å². The van der Waals surface area contributed by atoms with Gasteiger partial charge < -0.3 is 9.13 Å². The van der Waals surface area contributed by atoms with E-state index in [0.717, 1.165) is 11.4 Å². The third kappa shape index (κ3) is 6.17. The van der Waals surface area contributed by atoms with Crippen molar-refractivity contribution in [3.8, 4) is 33.6 Å². The second kappa shape index (κ2) is 16.3. The number of fused-ring (bicyclic) bond motifs is 9. The number of hydrogen-bond acceptors (Lipinski definition) is 0. The zero-order valence-corrected chi connectivity index (χ0v) is 40.6. The normalized spacial score (nSPS) is 13.3. The van der Waals surface area contributed by atoms with Gasteiger partial charge >= 0.3 is 0 Å². The van der Waals surface area contributed by atoms with Crippen LogP contribution in [0.2, 0.25) is 0 Å². The molecule has 0 amide bonds. The van der Waals surface area contributed by atoms with E-state index in [1.165, 1.54) is 102 Å². The Balaban J connectivity index is 0.909. The molecule has 0 fully saturated rings. The first-order valence-electron chi connectivity index (χ1n) is 24.4. The van der Waals surface area contributed by atoms with Gasteiger partial charge in [0.15, 0.2) is 8.07 Å². The predicted octanol–water partition coefficient (Wildman–Crippen LogP) is 11.2. The second-order valence-electron chi connectivity index (χ2n) is 18.8. The summed E-state index contributed by atoms with van der Waals surface area (Å²) in [6.07, 6.45) is 0. The molecule has 3 heterocycles. The molecule has 1 unspecified atom stereocenters. The van der Waals surface area contributed by atoms with Crippen molar-refractivity contribution in [2.75, 3.05) is 0 Å². The predicted molar refractivity (Wildman–Crippen MR) is 302 cm³/mol. The van der Waals surface area contributed by atoms with Gasteiger partial charge in [-0.2, -0.15) is 0 Å². The van der Waals surface area contributed by atoms with E-state index in [0.29, 0.717) is 0 Å². The van der Waals surface area contributed by atoms with Crippen LogP contribution in [0.15, 0.2) is 273 Å². The van der Waals surface area contributed by atoms with E-state index in [4.69, 9.17) is 0 Å². The highest BCUT2D eigenvalue weighted by Crippen LogP contribution is 2.39. The Morgan fingerprint density at radius 3 is 1.39 bits per heavy atom. The SMILES string of the molecule is c1ccc([SiH]2c3ccccc3-c3ccc(-c4ccc5c6ccccc6n(-c6ccc7c(c6)c6ccccc6n7-c6ccc([Si](c7ccccc7)(c7ccccc7)c7ccccc7)cc6)c5c4)cc32)cc1. The molecule has 2 nitrogen and oxygen atoms in total. The molecule has 1 atom stereocenters. The van der Waals surface area contributed by atoms with Gasteiger partial charge in [-0.15, -0.1) is 0 Å². The van der Waals surface area contributed by atoms with Crippen molar-refractivity contribution in [2.45, 2.75) is 0 Å². The van der Waals surface area contributed by atoms with Crippen LogP contribution < -0.4 is 36.3 Å². The Kier molecular flexibility index (Phi) is 9.44. The molecule has 0 spiro atoms. The standard InChI is InChI=1S/C66H46N2Si2/c1-5-19-50(20-6-1)69-65-32-18-15-29-58(65)59-41-34-47(44-66(59)69)46-33-40-57-55-27-13-16-30-61(55)68(64(57)43-46)49-37-42-63-60(45-49)56-28-14-17-31-62(56)67(63)48-35-38-54(39-36-48)70(51-21-7-2-8-22-51,52-23-9-3-10-24-52)53-25-11-4-12-26-53/h1-45,69H. The molecule has 2 aromatic heterocycles. The Labute approximate surface area is 410 Å². The molecule has 11 aromatic carbocycles. The largest absolute Gasteiger partial charge is 0.309 e. The van der Waals surface area contributed by atoms with Gasteiger partial charge in [0.25, 0.3) is 0 Å². The van der Waals surface area contributed by atoms with Crippen LogP contribution in [0.1, 0.15) is 0 Å². The van der Waals surface area contributed by atoms with Crippen LogP contribution in [-0.4, -0.2) is 26.0 Å². The second-order valence-corrected chi connectivity index (χ2v) is 25.4. The molecule has 14 rings (SSSR count). The zero-order valence-electron chi connectivity index (χ0n) is 38.5. The number of hydrogen-bond donors (Lipinski definition) is 0. The molecule has 70 heavy (non-hydrogen) atoms. The molecule has 4 heteroatoms. The van der Waals surface area contributed by atoms with Crippen LogP contribution in [0.5, 0.6) is 0 Å². The number of benzene rings is 11. The van der Waals surface area contributed by atoms with Crippen LogP contribution in [0.4, 0.5) is 0 Å². The van der Waals surface area contributed by atoms with Crippen molar-refractivity contribution in [2.24, 2.45) is 0 Å². The average Bonchev–Trinajstić information content (AvgIpc) is 4.07. The fourth-order valence-electron chi connectivity index (χ4n) is 12.1. The van der Waals surface area contributed by atoms with Crippen molar-refractivity contribution in [1.82, 2.24) is 9.13 Å². The zero-order chi connectivity index (χ0) is 46.2. The first-order chi connectivity index (χ1) is 34.7. The van der Waals surface area contributed by atoms with Crippen LogP contribution in [0.25, 0.3) is 77.2 Å². The Morgan fingerprint density at radius 1 is 0.271 bits per heavy atom. The summed E-state index contributed by atoms with van der Waals surface area (Å²) in [5.74, 6) is 0. The van der Waals surface area contributed by atoms with E-state index in [1.54, 1.807) is 0 Å². The molecular formula is C66H46N2Si2. The minimum atomic E-state index is -2.67. The summed E-state index contributed by atoms with van der Waals surface area (Å²) >= 11 is 0. The Hall–Kier alpha value is -8.55. The molecule has 1 aliphatic heterocycles. The summed E-state index contributed by atoms with van der Waals surface area (Å²) < 4.78 is 4.94. The first kappa shape index (κ1) is 40.5. The molecule has 0 aliphatic carbocycles. The molecule has 0 bridgehead atoms. The molecule has 328 valence electrons. The highest BCUT2D eigenvalue weighted by Gasteiger charge is 2.41. The van der Waals surface area contributed by atoms with Crippen molar-refractivity contribution >= 4 is 96.8 Å². The summed E-state index contributed by atoms with van der Waals surface area (Å²) in [7, 11) is -4.31. The van der Waals surface area contributed by atoms with E-state index in [2.05, 4.69) is 282 Å². The lowest BCUT2D eigenvalue weighted by atomic mass is 9.99. The van der Waals surface area contributed by atoms with E-state index < -0.39 is 16.9 Å². The molecule has 13 aromatic rings. The van der Waals surface area contributed by atoms with Gasteiger partial charge in [0.2, 0.25) is 0 Å². The third-order valence-corrected chi connectivity index (χ3v) is 23.2. The quantitative estimate of drug-likeness (QED) is 0.106. The van der Waals surface area contributed by atoms with Crippen molar-refractivity contribution in [1.29, 1.82) is 0 Å². The number of aromatic nitrogens is 2. The molecule has 1 aliphatic rings. The van der Waals surface area contributed by atoms with E-state index >= 15 is 0 Å². The minimum absolute atomic E-state index is 1.15. The van der Waals surface area contributed by atoms with Gasteiger partial charge in [-0.25, -0.2) is 0 Å². The van der Waals surface area contributed by atoms with Gasteiger partial charge in [-0.1, -0.05) is 230 Å². The van der Waals surface area contributed by atoms with E-state index in [-0.39, 0.29) is 0 Å². The van der Waals surface area contributed by atoms with Crippen LogP contribution in [0.3, 0.4) is 0 Å². The van der Waals surface area contributed by atoms with Crippen molar-refractivity contribution < 1.29 is 0 Å². The highest BCUT2D eigenvalue weighted by atomic mass is 28.3. The molecule has 0 saturated heterocycles. The molecule has 0 radical (unpaired) electrons. The minimum Gasteiger partial charge on any atom is -0.309 e. The lowest BCUT2D eigenvalue weighted by Gasteiger charge is -2.34. The summed E-state index contributed by atoms with van der Waals surface area (Å²) in [6.45, 7) is 0. The molecule has 0 saturated carbocycles. The third-order valence-electron chi connectivity index (χ3n) is 15.2. The van der Waals surface area contributed by atoms with Crippen molar-refractivity contribution in [3.63, 3.8) is 0 Å². The lowest BCUT2D eigenvalue weighted by molar-refractivity contribution is 1.17. The van der Waals surface area contributed by atoms with Gasteiger partial charge in [-0.05, 0) is 102 Å². The number of rotatable bonds is 8. The lowest BCUT2D eigenvalue weighted by Crippen LogP contribution is -2.74. The summed E-state index contributed by atoms with van der Waals surface area (Å²) in [5, 5.41) is 15.0. The topological polar surface area (TPSA) is 9.86 Å². The Morgan fingerprint density at radius 2 is 0.729 bits per heavy atom. The van der Waals surface area contributed by atoms with E-state index in [9.17, 15) is 0 Å². The van der Waals surface area contributed by atoms with Gasteiger partial charge in [0.1, 0.15) is 8.80 Å². The maximum Gasteiger partial charge on any atom is 0.179 e. The van der Waals surface area contributed by atoms with Gasteiger partial charge in [0.05, 0.1) is 22.1 Å². The fourth-order valence-corrected chi connectivity index (χ4v) is 20.3. The summed E-state index contributed by atoms with van der Waals surface area (Å²) in [5.41, 5.74) is 12.4. The summed E-state index contributed by atoms with van der Waals surface area (Å²) in [6, 6.07) is 103. The molecular weight excluding hydrogens is 877 g/mol. The van der Waals surface area contributed by atoms with E-state index in [1.807, 2.05) is 0 Å². The van der Waals surface area contributed by atoms with Crippen molar-refractivity contribution in [3.05, 3.63) is 273 Å². The van der Waals surface area contributed by atoms with Gasteiger partial charge in [0, 0.05) is 32.9 Å². The monoisotopic (exact) mass is 922 g/mol. The summed E-state index contributed by atoms with van der Waals surface area (Å²) in [4.78, 5) is 0. The smallest absolute Gasteiger partial charge is 0.179 e. The maximum atomic E-state index is 2.51. The van der Waals surface area contributed by atoms with Crippen LogP contribution in [0, 0.1) is 0 Å². The average molecular weight is 923 g/mol. The molecule has 0 N–H and O–H groups in total. The Bertz CT molecular complexity index is 4010.